The molecular formula is C23H28N2O4. The first kappa shape index (κ1) is 22.0. The average molecular weight is 396 g/mol. The molecule has 2 rings (SSSR count). The first-order valence-electron chi connectivity index (χ1n) is 9.31. The van der Waals surface area contributed by atoms with Crippen LogP contribution in [-0.4, -0.2) is 44.0 Å². The number of methoxy groups -OCH3 is 1. The van der Waals surface area contributed by atoms with E-state index in [-0.39, 0.29) is 18.4 Å². The van der Waals surface area contributed by atoms with Crippen LogP contribution in [0, 0.1) is 20.8 Å². The second-order valence-corrected chi connectivity index (χ2v) is 6.95. The molecule has 2 amide bonds. The molecule has 0 unspecified atom stereocenters. The Morgan fingerprint density at radius 2 is 1.76 bits per heavy atom. The molecule has 6 heteroatoms. The minimum atomic E-state index is -0.286. The number of aryl methyl sites for hydroxylation is 3. The number of carbonyl (C=O) groups excluding carboxylic acids is 2. The molecule has 2 aromatic rings. The normalized spacial score (nSPS) is 10.2. The molecule has 0 saturated heterocycles. The van der Waals surface area contributed by atoms with Gasteiger partial charge >= 0.3 is 0 Å². The number of hydrogen-bond donors (Lipinski definition) is 1. The topological polar surface area (TPSA) is 67.9 Å². The number of nitrogens with zero attached hydrogens (tertiary/aromatic N) is 1. The smallest absolute Gasteiger partial charge is 0.254 e. The summed E-state index contributed by atoms with van der Waals surface area (Å²) in [6, 6.07) is 8.94. The van der Waals surface area contributed by atoms with E-state index < -0.39 is 0 Å². The standard InChI is InChI=1S/C23H28N2O4/c1-7-10-29-19-9-8-18(13-20(19)28-6)23(27)25(5)14-21(26)24-22-16(3)11-15(2)12-17(22)4/h7-9,11-13H,1,10,14H2,2-6H3,(H,24,26). The predicted octanol–water partition coefficient (Wildman–Crippen LogP) is 3.90. The molecule has 0 saturated carbocycles. The highest BCUT2D eigenvalue weighted by Gasteiger charge is 2.18. The quantitative estimate of drug-likeness (QED) is 0.687. The monoisotopic (exact) mass is 396 g/mol. The summed E-state index contributed by atoms with van der Waals surface area (Å²) in [5.41, 5.74) is 4.31. The highest BCUT2D eigenvalue weighted by atomic mass is 16.5. The number of rotatable bonds is 8. The van der Waals surface area contributed by atoms with Crippen molar-refractivity contribution in [2.24, 2.45) is 0 Å². The van der Waals surface area contributed by atoms with Gasteiger partial charge in [0.25, 0.3) is 5.91 Å². The number of amides is 2. The molecule has 0 aliphatic heterocycles. The summed E-state index contributed by atoms with van der Waals surface area (Å²) < 4.78 is 10.8. The van der Waals surface area contributed by atoms with E-state index in [1.807, 2.05) is 32.9 Å². The maximum absolute atomic E-state index is 12.7. The molecule has 0 bridgehead atoms. The van der Waals surface area contributed by atoms with Crippen LogP contribution in [0.1, 0.15) is 27.0 Å². The highest BCUT2D eigenvalue weighted by molar-refractivity contribution is 6.00. The van der Waals surface area contributed by atoms with Crippen molar-refractivity contribution in [2.75, 3.05) is 32.6 Å². The summed E-state index contributed by atoms with van der Waals surface area (Å²) in [5, 5.41) is 2.91. The molecule has 0 aliphatic carbocycles. The number of anilines is 1. The van der Waals surface area contributed by atoms with E-state index in [0.717, 1.165) is 22.4 Å². The lowest BCUT2D eigenvalue weighted by atomic mass is 10.1. The van der Waals surface area contributed by atoms with Crippen LogP contribution in [0.5, 0.6) is 11.5 Å². The Morgan fingerprint density at radius 1 is 1.10 bits per heavy atom. The fourth-order valence-corrected chi connectivity index (χ4v) is 3.13. The lowest BCUT2D eigenvalue weighted by molar-refractivity contribution is -0.116. The van der Waals surface area contributed by atoms with Gasteiger partial charge in [-0.05, 0) is 50.1 Å². The second kappa shape index (κ2) is 9.78. The van der Waals surface area contributed by atoms with E-state index in [2.05, 4.69) is 11.9 Å². The van der Waals surface area contributed by atoms with Crippen LogP contribution in [0.2, 0.25) is 0 Å². The average Bonchev–Trinajstić information content (AvgIpc) is 2.68. The first-order valence-corrected chi connectivity index (χ1v) is 9.31. The van der Waals surface area contributed by atoms with Gasteiger partial charge in [-0.1, -0.05) is 30.4 Å². The van der Waals surface area contributed by atoms with Crippen molar-refractivity contribution in [3.63, 3.8) is 0 Å². The fraction of sp³-hybridized carbons (Fsp3) is 0.304. The van der Waals surface area contributed by atoms with E-state index in [9.17, 15) is 9.59 Å². The third-order valence-corrected chi connectivity index (χ3v) is 4.44. The number of carbonyl (C=O) groups is 2. The molecule has 2 aromatic carbocycles. The Morgan fingerprint density at radius 3 is 2.34 bits per heavy atom. The van der Waals surface area contributed by atoms with Gasteiger partial charge in [0, 0.05) is 18.3 Å². The number of nitrogens with one attached hydrogen (secondary N) is 1. The zero-order chi connectivity index (χ0) is 21.6. The molecule has 29 heavy (non-hydrogen) atoms. The maximum Gasteiger partial charge on any atom is 0.254 e. The number of ether oxygens (including phenoxy) is 2. The molecule has 154 valence electrons. The predicted molar refractivity (Wildman–Crippen MR) is 115 cm³/mol. The summed E-state index contributed by atoms with van der Waals surface area (Å²) in [6.45, 7) is 9.79. The summed E-state index contributed by atoms with van der Waals surface area (Å²) in [5.74, 6) is 0.427. The Labute approximate surface area is 172 Å². The van der Waals surface area contributed by atoms with E-state index in [1.54, 1.807) is 31.3 Å². The molecule has 6 nitrogen and oxygen atoms in total. The van der Waals surface area contributed by atoms with E-state index in [0.29, 0.717) is 23.7 Å². The van der Waals surface area contributed by atoms with Gasteiger partial charge in [0.2, 0.25) is 5.91 Å². The molecule has 0 radical (unpaired) electrons. The summed E-state index contributed by atoms with van der Waals surface area (Å²) in [4.78, 5) is 26.6. The van der Waals surface area contributed by atoms with Crippen LogP contribution in [-0.2, 0) is 4.79 Å². The van der Waals surface area contributed by atoms with Crippen LogP contribution in [0.4, 0.5) is 5.69 Å². The molecule has 0 aromatic heterocycles. The Bertz CT molecular complexity index is 898. The van der Waals surface area contributed by atoms with Gasteiger partial charge in [-0.3, -0.25) is 9.59 Å². The van der Waals surface area contributed by atoms with Crippen LogP contribution in [0.3, 0.4) is 0 Å². The van der Waals surface area contributed by atoms with Crippen LogP contribution in [0.25, 0.3) is 0 Å². The lowest BCUT2D eigenvalue weighted by Gasteiger charge is -2.19. The van der Waals surface area contributed by atoms with Crippen molar-refractivity contribution in [2.45, 2.75) is 20.8 Å². The minimum absolute atomic E-state index is 0.0668. The van der Waals surface area contributed by atoms with Crippen molar-refractivity contribution in [3.05, 3.63) is 65.2 Å². The van der Waals surface area contributed by atoms with Crippen molar-refractivity contribution in [1.82, 2.24) is 4.90 Å². The van der Waals surface area contributed by atoms with Gasteiger partial charge in [-0.2, -0.15) is 0 Å². The largest absolute Gasteiger partial charge is 0.493 e. The Balaban J connectivity index is 2.08. The zero-order valence-electron chi connectivity index (χ0n) is 17.7. The van der Waals surface area contributed by atoms with Crippen molar-refractivity contribution in [1.29, 1.82) is 0 Å². The number of hydrogen-bond acceptors (Lipinski definition) is 4. The van der Waals surface area contributed by atoms with Crippen LogP contribution >= 0.6 is 0 Å². The van der Waals surface area contributed by atoms with Gasteiger partial charge in [-0.25, -0.2) is 0 Å². The van der Waals surface area contributed by atoms with Crippen LogP contribution < -0.4 is 14.8 Å². The van der Waals surface area contributed by atoms with Crippen LogP contribution in [0.15, 0.2) is 43.0 Å². The fourth-order valence-electron chi connectivity index (χ4n) is 3.13. The van der Waals surface area contributed by atoms with Gasteiger partial charge in [0.05, 0.1) is 13.7 Å². The van der Waals surface area contributed by atoms with Gasteiger partial charge < -0.3 is 19.7 Å². The van der Waals surface area contributed by atoms with Crippen molar-refractivity contribution < 1.29 is 19.1 Å². The Kier molecular flexibility index (Phi) is 7.42. The minimum Gasteiger partial charge on any atom is -0.493 e. The van der Waals surface area contributed by atoms with E-state index >= 15 is 0 Å². The molecule has 1 N–H and O–H groups in total. The third-order valence-electron chi connectivity index (χ3n) is 4.44. The molecule has 0 spiro atoms. The molecule has 0 aliphatic rings. The van der Waals surface area contributed by atoms with Crippen molar-refractivity contribution in [3.8, 4) is 11.5 Å². The molecule has 0 fully saturated rings. The maximum atomic E-state index is 12.7. The lowest BCUT2D eigenvalue weighted by Crippen LogP contribution is -2.35. The highest BCUT2D eigenvalue weighted by Crippen LogP contribution is 2.28. The third kappa shape index (κ3) is 5.60. The summed E-state index contributed by atoms with van der Waals surface area (Å²) in [7, 11) is 3.10. The zero-order valence-corrected chi connectivity index (χ0v) is 17.7. The molecule has 0 heterocycles. The van der Waals surface area contributed by atoms with Gasteiger partial charge in [0.15, 0.2) is 11.5 Å². The summed E-state index contributed by atoms with van der Waals surface area (Å²) in [6.07, 6.45) is 1.63. The van der Waals surface area contributed by atoms with E-state index in [4.69, 9.17) is 9.47 Å². The first-order chi connectivity index (χ1) is 13.8. The molecule has 0 atom stereocenters. The Hall–Kier alpha value is -3.28. The number of likely N-dealkylation sites (N-methyl/N-ethyl adjacent to an activating group) is 1. The van der Waals surface area contributed by atoms with Crippen molar-refractivity contribution >= 4 is 17.5 Å². The van der Waals surface area contributed by atoms with Gasteiger partial charge in [0.1, 0.15) is 6.61 Å². The SMILES string of the molecule is C=CCOc1ccc(C(=O)N(C)CC(=O)Nc2c(C)cc(C)cc2C)cc1OC. The van der Waals surface area contributed by atoms with E-state index in [1.165, 1.54) is 12.0 Å². The second-order valence-electron chi connectivity index (χ2n) is 6.95. The van der Waals surface area contributed by atoms with Gasteiger partial charge in [-0.15, -0.1) is 0 Å². The number of benzene rings is 2. The summed E-state index contributed by atoms with van der Waals surface area (Å²) >= 11 is 0. The molecular weight excluding hydrogens is 368 g/mol.